The lowest BCUT2D eigenvalue weighted by atomic mass is 10.1. The summed E-state index contributed by atoms with van der Waals surface area (Å²) in [5.74, 6) is 1.48. The van der Waals surface area contributed by atoms with Gasteiger partial charge in [-0.1, -0.05) is 48.6 Å². The number of carbonyl (C=O) groups excluding carboxylic acids is 1. The van der Waals surface area contributed by atoms with Crippen LogP contribution in [0, 0.1) is 0 Å². The largest absolute Gasteiger partial charge is 0.493 e. The van der Waals surface area contributed by atoms with E-state index in [1.54, 1.807) is 21.3 Å². The molecule has 0 saturated carbocycles. The molecular weight excluding hydrogens is 360 g/mol. The fraction of sp³-hybridized carbons (Fsp3) is 0.381. The van der Waals surface area contributed by atoms with Gasteiger partial charge in [0.15, 0.2) is 11.5 Å². The van der Waals surface area contributed by atoms with E-state index >= 15 is 0 Å². The van der Waals surface area contributed by atoms with Crippen molar-refractivity contribution in [1.29, 1.82) is 0 Å². The number of carbonyl (C=O) groups is 1. The molecule has 0 spiro atoms. The second-order valence-corrected chi connectivity index (χ2v) is 11.6. The highest BCUT2D eigenvalue weighted by molar-refractivity contribution is 6.91. The summed E-state index contributed by atoms with van der Waals surface area (Å²) in [6.07, 6.45) is 0.295. The lowest BCUT2D eigenvalue weighted by Gasteiger charge is -2.33. The first-order chi connectivity index (χ1) is 12.9. The van der Waals surface area contributed by atoms with E-state index in [2.05, 4.69) is 25.2 Å². The van der Waals surface area contributed by atoms with Gasteiger partial charge in [-0.15, -0.1) is 0 Å². The van der Waals surface area contributed by atoms with Crippen LogP contribution in [-0.2, 0) is 9.53 Å². The molecule has 0 bridgehead atoms. The number of rotatable bonds is 8. The molecule has 6 heteroatoms. The molecule has 0 aliphatic rings. The Morgan fingerprint density at radius 3 is 1.93 bits per heavy atom. The van der Waals surface area contributed by atoms with Crippen molar-refractivity contribution < 1.29 is 23.7 Å². The van der Waals surface area contributed by atoms with E-state index in [1.165, 1.54) is 12.3 Å². The van der Waals surface area contributed by atoms with Crippen molar-refractivity contribution in [2.45, 2.75) is 25.1 Å². The van der Waals surface area contributed by atoms with E-state index in [0.717, 1.165) is 5.56 Å². The summed E-state index contributed by atoms with van der Waals surface area (Å²) in [7, 11) is 4.11. The normalized spacial score (nSPS) is 12.2. The lowest BCUT2D eigenvalue weighted by Crippen LogP contribution is -2.48. The second-order valence-electron chi connectivity index (χ2n) is 6.88. The average Bonchev–Trinajstić information content (AvgIpc) is 2.70. The number of hydrogen-bond donors (Lipinski definition) is 0. The fourth-order valence-corrected chi connectivity index (χ4v) is 6.54. The molecule has 2 aromatic carbocycles. The summed E-state index contributed by atoms with van der Waals surface area (Å²) in [5, 5.41) is 1.27. The Balaban J connectivity index is 2.62. The van der Waals surface area contributed by atoms with Crippen LogP contribution in [0.5, 0.6) is 17.2 Å². The third-order valence-electron chi connectivity index (χ3n) is 5.08. The molecule has 27 heavy (non-hydrogen) atoms. The summed E-state index contributed by atoms with van der Waals surface area (Å²) in [5.41, 5.74) is 0.969. The SMILES string of the molecule is COC(=O)C[C@@H](c1cc(OC)c(OC)c(OC)c1)[Si](C)(C)c1ccccc1. The number of hydrogen-bond acceptors (Lipinski definition) is 5. The van der Waals surface area contributed by atoms with Crippen molar-refractivity contribution in [3.63, 3.8) is 0 Å². The molecule has 1 atom stereocenters. The third kappa shape index (κ3) is 4.44. The van der Waals surface area contributed by atoms with Crippen molar-refractivity contribution in [1.82, 2.24) is 0 Å². The van der Waals surface area contributed by atoms with Crippen LogP contribution in [0.4, 0.5) is 0 Å². The van der Waals surface area contributed by atoms with Crippen LogP contribution >= 0.6 is 0 Å². The van der Waals surface area contributed by atoms with E-state index in [9.17, 15) is 4.79 Å². The minimum Gasteiger partial charge on any atom is -0.493 e. The van der Waals surface area contributed by atoms with E-state index in [-0.39, 0.29) is 11.5 Å². The molecule has 0 aliphatic heterocycles. The van der Waals surface area contributed by atoms with Gasteiger partial charge in [0.25, 0.3) is 0 Å². The average molecular weight is 389 g/mol. The molecule has 0 amide bonds. The Kier molecular flexibility index (Phi) is 6.90. The Bertz CT molecular complexity index is 748. The van der Waals surface area contributed by atoms with Crippen molar-refractivity contribution in [2.24, 2.45) is 0 Å². The summed E-state index contributed by atoms with van der Waals surface area (Å²) >= 11 is 0. The molecule has 0 aliphatic carbocycles. The van der Waals surface area contributed by atoms with Crippen molar-refractivity contribution >= 4 is 19.2 Å². The monoisotopic (exact) mass is 388 g/mol. The van der Waals surface area contributed by atoms with Crippen LogP contribution in [0.25, 0.3) is 0 Å². The van der Waals surface area contributed by atoms with Crippen LogP contribution in [0.2, 0.25) is 13.1 Å². The zero-order valence-corrected chi connectivity index (χ0v) is 17.9. The maximum atomic E-state index is 12.2. The third-order valence-corrected chi connectivity index (χ3v) is 9.18. The van der Waals surface area contributed by atoms with Gasteiger partial charge in [0.1, 0.15) is 0 Å². The first-order valence-corrected chi connectivity index (χ1v) is 11.9. The second kappa shape index (κ2) is 8.95. The van der Waals surface area contributed by atoms with Gasteiger partial charge < -0.3 is 18.9 Å². The van der Waals surface area contributed by atoms with Gasteiger partial charge >= 0.3 is 5.97 Å². The predicted octanol–water partition coefficient (Wildman–Crippen LogP) is 3.51. The van der Waals surface area contributed by atoms with Gasteiger partial charge in [0, 0.05) is 0 Å². The Morgan fingerprint density at radius 2 is 1.48 bits per heavy atom. The zero-order valence-electron chi connectivity index (χ0n) is 16.9. The molecule has 146 valence electrons. The molecule has 0 unspecified atom stereocenters. The highest BCUT2D eigenvalue weighted by Gasteiger charge is 2.37. The summed E-state index contributed by atoms with van der Waals surface area (Å²) in [6, 6.07) is 14.2. The van der Waals surface area contributed by atoms with E-state index in [1.807, 2.05) is 30.3 Å². The van der Waals surface area contributed by atoms with E-state index < -0.39 is 8.07 Å². The molecule has 0 radical (unpaired) electrons. The van der Waals surface area contributed by atoms with Crippen LogP contribution in [-0.4, -0.2) is 42.5 Å². The minimum absolute atomic E-state index is 0.0129. The molecule has 0 heterocycles. The van der Waals surface area contributed by atoms with Gasteiger partial charge in [0.05, 0.1) is 42.9 Å². The maximum absolute atomic E-state index is 12.2. The molecule has 0 aromatic heterocycles. The number of esters is 1. The van der Waals surface area contributed by atoms with E-state index in [4.69, 9.17) is 18.9 Å². The van der Waals surface area contributed by atoms with Gasteiger partial charge in [0.2, 0.25) is 5.75 Å². The van der Waals surface area contributed by atoms with Gasteiger partial charge in [-0.2, -0.15) is 0 Å². The topological polar surface area (TPSA) is 54.0 Å². The highest BCUT2D eigenvalue weighted by atomic mass is 28.3. The first-order valence-electron chi connectivity index (χ1n) is 8.81. The summed E-state index contributed by atoms with van der Waals surface area (Å²) in [6.45, 7) is 4.53. The molecule has 2 aromatic rings. The molecule has 0 N–H and O–H groups in total. The van der Waals surface area contributed by atoms with Crippen LogP contribution in [0.3, 0.4) is 0 Å². The number of methoxy groups -OCH3 is 4. The van der Waals surface area contributed by atoms with Crippen LogP contribution in [0.15, 0.2) is 42.5 Å². The van der Waals surface area contributed by atoms with Gasteiger partial charge in [-0.25, -0.2) is 0 Å². The van der Waals surface area contributed by atoms with Crippen LogP contribution in [0.1, 0.15) is 17.5 Å². The molecule has 2 rings (SSSR count). The Hall–Kier alpha value is -2.47. The summed E-state index contributed by atoms with van der Waals surface area (Å²) < 4.78 is 21.4. The number of ether oxygens (including phenoxy) is 4. The highest BCUT2D eigenvalue weighted by Crippen LogP contribution is 2.42. The van der Waals surface area contributed by atoms with Crippen molar-refractivity contribution in [3.8, 4) is 17.2 Å². The molecule has 0 saturated heterocycles. The smallest absolute Gasteiger partial charge is 0.305 e. The molecule has 5 nitrogen and oxygen atoms in total. The maximum Gasteiger partial charge on any atom is 0.305 e. The quantitative estimate of drug-likeness (QED) is 0.512. The van der Waals surface area contributed by atoms with E-state index in [0.29, 0.717) is 23.7 Å². The van der Waals surface area contributed by atoms with Gasteiger partial charge in [-0.05, 0) is 23.2 Å². The first kappa shape index (κ1) is 20.8. The Morgan fingerprint density at radius 1 is 0.926 bits per heavy atom. The Labute approximate surface area is 162 Å². The minimum atomic E-state index is -2.08. The van der Waals surface area contributed by atoms with Gasteiger partial charge in [-0.3, -0.25) is 4.79 Å². The lowest BCUT2D eigenvalue weighted by molar-refractivity contribution is -0.140. The fourth-order valence-electron chi connectivity index (χ4n) is 3.41. The van der Waals surface area contributed by atoms with Crippen LogP contribution < -0.4 is 19.4 Å². The standard InChI is InChI=1S/C21H28O5Si/c1-23-17-12-15(13-18(24-2)21(17)26-4)19(14-20(22)25-3)27(5,6)16-10-8-7-9-11-16/h7-13,19H,14H2,1-6H3/t19-/m0/s1. The van der Waals surface area contributed by atoms with Crippen molar-refractivity contribution in [2.75, 3.05) is 28.4 Å². The summed E-state index contributed by atoms with van der Waals surface area (Å²) in [4.78, 5) is 12.2. The van der Waals surface area contributed by atoms with Crippen molar-refractivity contribution in [3.05, 3.63) is 48.0 Å². The zero-order chi connectivity index (χ0) is 20.0. The molecular formula is C21H28O5Si. The molecule has 0 fully saturated rings. The predicted molar refractivity (Wildman–Crippen MR) is 109 cm³/mol. The number of benzene rings is 2.